The van der Waals surface area contributed by atoms with Gasteiger partial charge >= 0.3 is 0 Å². The maximum atomic E-state index is 3.64. The van der Waals surface area contributed by atoms with E-state index in [0.717, 1.165) is 17.9 Å². The van der Waals surface area contributed by atoms with Gasteiger partial charge in [0.1, 0.15) is 0 Å². The average molecular weight is 255 g/mol. The first-order chi connectivity index (χ1) is 8.40. The molecule has 0 aromatic carbocycles. The van der Waals surface area contributed by atoms with Gasteiger partial charge in [0.2, 0.25) is 0 Å². The van der Waals surface area contributed by atoms with Gasteiger partial charge in [-0.05, 0) is 62.5 Å². The Balaban J connectivity index is 1.81. The highest BCUT2D eigenvalue weighted by Gasteiger charge is 2.25. The van der Waals surface area contributed by atoms with E-state index in [1.165, 1.54) is 69.3 Å². The molecule has 1 saturated heterocycles. The van der Waals surface area contributed by atoms with Gasteiger partial charge in [-0.3, -0.25) is 0 Å². The molecular formula is C15H29NS. The first-order valence-electron chi connectivity index (χ1n) is 7.65. The molecule has 1 N–H and O–H groups in total. The SMILES string of the molecule is CNC(CC1CCSCC1)C1CCCCCC1. The molecule has 0 amide bonds. The Morgan fingerprint density at radius 1 is 1.00 bits per heavy atom. The summed E-state index contributed by atoms with van der Waals surface area (Å²) in [5.74, 6) is 4.80. The quantitative estimate of drug-likeness (QED) is 0.760. The minimum Gasteiger partial charge on any atom is -0.317 e. The second-order valence-corrected chi connectivity index (χ2v) is 7.16. The highest BCUT2D eigenvalue weighted by atomic mass is 32.2. The predicted octanol–water partition coefficient (Wildman–Crippen LogP) is 4.08. The molecule has 0 radical (unpaired) electrons. The number of hydrogen-bond acceptors (Lipinski definition) is 2. The number of rotatable bonds is 4. The van der Waals surface area contributed by atoms with E-state index >= 15 is 0 Å². The highest BCUT2D eigenvalue weighted by molar-refractivity contribution is 7.99. The maximum absolute atomic E-state index is 3.64. The van der Waals surface area contributed by atoms with Gasteiger partial charge in [-0.1, -0.05) is 25.7 Å². The standard InChI is InChI=1S/C15H29NS/c1-16-15(12-13-8-10-17-11-9-13)14-6-4-2-3-5-7-14/h13-16H,2-12H2,1H3. The lowest BCUT2D eigenvalue weighted by Gasteiger charge is -2.31. The molecular weight excluding hydrogens is 226 g/mol. The van der Waals surface area contributed by atoms with Gasteiger partial charge in [0.05, 0.1) is 0 Å². The number of hydrogen-bond donors (Lipinski definition) is 1. The number of nitrogens with one attached hydrogen (secondary N) is 1. The molecule has 1 aliphatic heterocycles. The van der Waals surface area contributed by atoms with Crippen LogP contribution < -0.4 is 5.32 Å². The van der Waals surface area contributed by atoms with Crippen molar-refractivity contribution in [2.75, 3.05) is 18.6 Å². The van der Waals surface area contributed by atoms with Gasteiger partial charge in [0, 0.05) is 6.04 Å². The normalized spacial score (nSPS) is 26.6. The van der Waals surface area contributed by atoms with E-state index in [9.17, 15) is 0 Å². The van der Waals surface area contributed by atoms with Gasteiger partial charge in [-0.2, -0.15) is 11.8 Å². The fraction of sp³-hybridized carbons (Fsp3) is 1.00. The van der Waals surface area contributed by atoms with E-state index in [4.69, 9.17) is 0 Å². The van der Waals surface area contributed by atoms with E-state index in [2.05, 4.69) is 24.1 Å². The highest BCUT2D eigenvalue weighted by Crippen LogP contribution is 2.32. The summed E-state index contributed by atoms with van der Waals surface area (Å²) in [7, 11) is 2.19. The van der Waals surface area contributed by atoms with E-state index in [1.807, 2.05) is 0 Å². The fourth-order valence-electron chi connectivity index (χ4n) is 3.60. The van der Waals surface area contributed by atoms with Crippen molar-refractivity contribution in [3.8, 4) is 0 Å². The summed E-state index contributed by atoms with van der Waals surface area (Å²) in [6.45, 7) is 0. The second kappa shape index (κ2) is 7.68. The second-order valence-electron chi connectivity index (χ2n) is 5.94. The van der Waals surface area contributed by atoms with Gasteiger partial charge in [-0.15, -0.1) is 0 Å². The summed E-state index contributed by atoms with van der Waals surface area (Å²) < 4.78 is 0. The largest absolute Gasteiger partial charge is 0.317 e. The molecule has 1 aliphatic carbocycles. The van der Waals surface area contributed by atoms with Crippen LogP contribution in [0.5, 0.6) is 0 Å². The molecule has 0 bridgehead atoms. The minimum atomic E-state index is 0.807. The van der Waals surface area contributed by atoms with Crippen LogP contribution in [0.4, 0.5) is 0 Å². The molecule has 1 atom stereocenters. The third-order valence-electron chi connectivity index (χ3n) is 4.77. The van der Waals surface area contributed by atoms with Crippen LogP contribution in [0.15, 0.2) is 0 Å². The molecule has 1 nitrogen and oxygen atoms in total. The molecule has 100 valence electrons. The van der Waals surface area contributed by atoms with Gasteiger partial charge < -0.3 is 5.32 Å². The van der Waals surface area contributed by atoms with Crippen molar-refractivity contribution < 1.29 is 0 Å². The zero-order valence-corrected chi connectivity index (χ0v) is 12.2. The van der Waals surface area contributed by atoms with E-state index in [1.54, 1.807) is 0 Å². The van der Waals surface area contributed by atoms with Crippen molar-refractivity contribution in [3.05, 3.63) is 0 Å². The molecule has 2 rings (SSSR count). The van der Waals surface area contributed by atoms with Crippen molar-refractivity contribution in [2.45, 2.75) is 63.8 Å². The third-order valence-corrected chi connectivity index (χ3v) is 5.82. The lowest BCUT2D eigenvalue weighted by molar-refractivity contribution is 0.272. The molecule has 1 heterocycles. The van der Waals surface area contributed by atoms with Crippen LogP contribution in [-0.4, -0.2) is 24.6 Å². The van der Waals surface area contributed by atoms with E-state index in [-0.39, 0.29) is 0 Å². The summed E-state index contributed by atoms with van der Waals surface area (Å²) in [5.41, 5.74) is 0. The van der Waals surface area contributed by atoms with Gasteiger partial charge in [-0.25, -0.2) is 0 Å². The summed E-state index contributed by atoms with van der Waals surface area (Å²) in [4.78, 5) is 0. The van der Waals surface area contributed by atoms with E-state index in [0.29, 0.717) is 0 Å². The molecule has 2 heteroatoms. The smallest absolute Gasteiger partial charge is 0.00949 e. The Morgan fingerprint density at radius 2 is 1.65 bits per heavy atom. The molecule has 0 aromatic rings. The molecule has 2 aliphatic rings. The zero-order chi connectivity index (χ0) is 11.9. The summed E-state index contributed by atoms with van der Waals surface area (Å²) >= 11 is 2.15. The first-order valence-corrected chi connectivity index (χ1v) is 8.80. The van der Waals surface area contributed by atoms with Crippen LogP contribution in [0.1, 0.15) is 57.8 Å². The Bertz CT molecular complexity index is 193. The predicted molar refractivity (Wildman–Crippen MR) is 78.7 cm³/mol. The van der Waals surface area contributed by atoms with Crippen LogP contribution >= 0.6 is 11.8 Å². The Kier molecular flexibility index (Phi) is 6.21. The van der Waals surface area contributed by atoms with Gasteiger partial charge in [0.25, 0.3) is 0 Å². The molecule has 0 spiro atoms. The summed E-state index contributed by atoms with van der Waals surface area (Å²) in [6.07, 6.45) is 13.2. The Labute approximate surface area is 112 Å². The topological polar surface area (TPSA) is 12.0 Å². The van der Waals surface area contributed by atoms with Crippen molar-refractivity contribution in [1.29, 1.82) is 0 Å². The molecule has 1 saturated carbocycles. The van der Waals surface area contributed by atoms with Crippen LogP contribution in [0, 0.1) is 11.8 Å². The monoisotopic (exact) mass is 255 g/mol. The molecule has 2 fully saturated rings. The van der Waals surface area contributed by atoms with Crippen LogP contribution in [0.2, 0.25) is 0 Å². The Hall–Kier alpha value is 0.310. The van der Waals surface area contributed by atoms with Crippen LogP contribution in [0.3, 0.4) is 0 Å². The fourth-order valence-corrected chi connectivity index (χ4v) is 4.80. The summed E-state index contributed by atoms with van der Waals surface area (Å²) in [6, 6.07) is 0.807. The van der Waals surface area contributed by atoms with Crippen molar-refractivity contribution >= 4 is 11.8 Å². The minimum absolute atomic E-state index is 0.807. The van der Waals surface area contributed by atoms with Crippen molar-refractivity contribution in [3.63, 3.8) is 0 Å². The van der Waals surface area contributed by atoms with Crippen LogP contribution in [0.25, 0.3) is 0 Å². The average Bonchev–Trinajstić information content (AvgIpc) is 2.66. The summed E-state index contributed by atoms with van der Waals surface area (Å²) in [5, 5.41) is 3.64. The van der Waals surface area contributed by atoms with Crippen LogP contribution in [-0.2, 0) is 0 Å². The van der Waals surface area contributed by atoms with E-state index < -0.39 is 0 Å². The van der Waals surface area contributed by atoms with Gasteiger partial charge in [0.15, 0.2) is 0 Å². The first kappa shape index (κ1) is 13.7. The molecule has 0 aromatic heterocycles. The molecule has 17 heavy (non-hydrogen) atoms. The lowest BCUT2D eigenvalue weighted by Crippen LogP contribution is -2.36. The maximum Gasteiger partial charge on any atom is 0.00949 e. The Morgan fingerprint density at radius 3 is 2.24 bits per heavy atom. The third kappa shape index (κ3) is 4.48. The van der Waals surface area contributed by atoms with Crippen molar-refractivity contribution in [2.24, 2.45) is 11.8 Å². The zero-order valence-electron chi connectivity index (χ0n) is 11.4. The lowest BCUT2D eigenvalue weighted by atomic mass is 9.84. The van der Waals surface area contributed by atoms with Crippen molar-refractivity contribution in [1.82, 2.24) is 5.32 Å². The number of thioether (sulfide) groups is 1. The molecule has 1 unspecified atom stereocenters.